The minimum Gasteiger partial charge on any atom is -0.472 e. The third-order valence-corrected chi connectivity index (χ3v) is 6.37. The second-order valence-corrected chi connectivity index (χ2v) is 8.86. The number of ether oxygens (including phenoxy) is 1. The molecule has 3 heterocycles. The number of benzene rings is 2. The Kier molecular flexibility index (Phi) is 6.53. The lowest BCUT2D eigenvalue weighted by atomic mass is 9.98. The van der Waals surface area contributed by atoms with E-state index in [0.717, 1.165) is 63.6 Å². The number of hydrogen-bond acceptors (Lipinski definition) is 6. The predicted molar refractivity (Wildman–Crippen MR) is 127 cm³/mol. The minimum atomic E-state index is 0.419. The molecule has 1 N–H and O–H groups in total. The molecule has 0 amide bonds. The van der Waals surface area contributed by atoms with Crippen molar-refractivity contribution in [3.8, 4) is 5.88 Å². The summed E-state index contributed by atoms with van der Waals surface area (Å²) >= 11 is 6.05. The van der Waals surface area contributed by atoms with Crippen LogP contribution in [0.2, 0.25) is 5.02 Å². The van der Waals surface area contributed by atoms with Gasteiger partial charge in [-0.2, -0.15) is 4.98 Å². The quantitative estimate of drug-likeness (QED) is 0.619. The van der Waals surface area contributed by atoms with Crippen molar-refractivity contribution in [1.82, 2.24) is 20.2 Å². The molecule has 3 aromatic rings. The Bertz CT molecular complexity index is 1070. The summed E-state index contributed by atoms with van der Waals surface area (Å²) in [6.45, 7) is 7.36. The molecule has 0 radical (unpaired) electrons. The van der Waals surface area contributed by atoms with Gasteiger partial charge in [0, 0.05) is 44.3 Å². The fraction of sp³-hybridized carbons (Fsp3) is 0.360. The highest BCUT2D eigenvalue weighted by Gasteiger charge is 2.19. The highest BCUT2D eigenvalue weighted by Crippen LogP contribution is 2.20. The zero-order valence-corrected chi connectivity index (χ0v) is 18.9. The molecule has 2 aliphatic heterocycles. The van der Waals surface area contributed by atoms with Crippen LogP contribution in [0.15, 0.2) is 54.9 Å². The summed E-state index contributed by atoms with van der Waals surface area (Å²) in [6, 6.07) is 14.6. The van der Waals surface area contributed by atoms with Crippen LogP contribution in [0.3, 0.4) is 0 Å². The summed E-state index contributed by atoms with van der Waals surface area (Å²) in [6.07, 6.45) is 4.62. The van der Waals surface area contributed by atoms with E-state index in [0.29, 0.717) is 17.5 Å². The molecule has 0 spiro atoms. The van der Waals surface area contributed by atoms with Gasteiger partial charge in [-0.3, -0.25) is 9.88 Å². The molecule has 0 atom stereocenters. The average molecular weight is 450 g/mol. The van der Waals surface area contributed by atoms with Crippen LogP contribution < -0.4 is 15.0 Å². The van der Waals surface area contributed by atoms with Crippen LogP contribution in [0.25, 0.3) is 0 Å². The van der Waals surface area contributed by atoms with Gasteiger partial charge < -0.3 is 15.0 Å². The second-order valence-electron chi connectivity index (χ2n) is 8.43. The number of piperazine rings is 1. The molecule has 0 unspecified atom stereocenters. The number of nitrogens with zero attached hydrogens (tertiary/aromatic N) is 4. The summed E-state index contributed by atoms with van der Waals surface area (Å²) < 4.78 is 5.85. The van der Waals surface area contributed by atoms with Crippen molar-refractivity contribution in [2.75, 3.05) is 37.6 Å². The first-order chi connectivity index (χ1) is 15.7. The van der Waals surface area contributed by atoms with Crippen molar-refractivity contribution in [3.05, 3.63) is 82.1 Å². The van der Waals surface area contributed by atoms with Gasteiger partial charge in [0.15, 0.2) is 5.82 Å². The van der Waals surface area contributed by atoms with Crippen LogP contribution in [0.5, 0.6) is 5.88 Å². The molecule has 0 aliphatic carbocycles. The fourth-order valence-corrected chi connectivity index (χ4v) is 4.58. The number of halogens is 1. The second kappa shape index (κ2) is 9.86. The summed E-state index contributed by atoms with van der Waals surface area (Å²) in [5.41, 5.74) is 5.36. The maximum Gasteiger partial charge on any atom is 0.234 e. The van der Waals surface area contributed by atoms with Gasteiger partial charge in [0.05, 0.1) is 12.4 Å². The first-order valence-electron chi connectivity index (χ1n) is 11.2. The standard InChI is InChI=1S/C25H28ClN5O/c26-23-3-1-2-20(13-23)18-32-25-16-28-15-24(29-25)31-10-8-30(9-11-31)17-19-4-5-21-6-7-27-14-22(21)12-19/h1-5,12-13,15-16,27H,6-11,14,17-18H2. The first kappa shape index (κ1) is 21.2. The largest absolute Gasteiger partial charge is 0.472 e. The third kappa shape index (κ3) is 5.21. The number of anilines is 1. The van der Waals surface area contributed by atoms with Crippen LogP contribution in [-0.2, 0) is 26.1 Å². The molecule has 2 aromatic carbocycles. The smallest absolute Gasteiger partial charge is 0.234 e. The van der Waals surface area contributed by atoms with E-state index in [2.05, 4.69) is 43.3 Å². The molecule has 5 rings (SSSR count). The van der Waals surface area contributed by atoms with Crippen molar-refractivity contribution in [2.24, 2.45) is 0 Å². The minimum absolute atomic E-state index is 0.419. The van der Waals surface area contributed by atoms with E-state index < -0.39 is 0 Å². The topological polar surface area (TPSA) is 53.5 Å². The molecule has 1 fully saturated rings. The maximum atomic E-state index is 6.05. The first-order valence-corrected chi connectivity index (χ1v) is 11.6. The van der Waals surface area contributed by atoms with Gasteiger partial charge in [0.1, 0.15) is 6.61 Å². The van der Waals surface area contributed by atoms with E-state index in [9.17, 15) is 0 Å². The number of rotatable bonds is 6. The number of hydrogen-bond donors (Lipinski definition) is 1. The van der Waals surface area contributed by atoms with E-state index in [1.165, 1.54) is 16.7 Å². The van der Waals surface area contributed by atoms with Gasteiger partial charge in [-0.15, -0.1) is 0 Å². The predicted octanol–water partition coefficient (Wildman–Crippen LogP) is 3.68. The zero-order chi connectivity index (χ0) is 21.8. The van der Waals surface area contributed by atoms with Crippen molar-refractivity contribution < 1.29 is 4.74 Å². The van der Waals surface area contributed by atoms with Crippen molar-refractivity contribution in [2.45, 2.75) is 26.1 Å². The molecule has 32 heavy (non-hydrogen) atoms. The van der Waals surface area contributed by atoms with Gasteiger partial charge in [-0.25, -0.2) is 0 Å². The maximum absolute atomic E-state index is 6.05. The van der Waals surface area contributed by atoms with E-state index >= 15 is 0 Å². The Balaban J connectivity index is 1.15. The Morgan fingerprint density at radius 3 is 2.75 bits per heavy atom. The number of aromatic nitrogens is 2. The van der Waals surface area contributed by atoms with Crippen molar-refractivity contribution in [3.63, 3.8) is 0 Å². The zero-order valence-electron chi connectivity index (χ0n) is 18.1. The van der Waals surface area contributed by atoms with Crippen molar-refractivity contribution >= 4 is 17.4 Å². The molecule has 7 heteroatoms. The molecule has 0 bridgehead atoms. The van der Waals surface area contributed by atoms with E-state index in [-0.39, 0.29) is 0 Å². The van der Waals surface area contributed by atoms with Crippen LogP contribution >= 0.6 is 11.6 Å². The van der Waals surface area contributed by atoms with Gasteiger partial charge in [-0.1, -0.05) is 41.9 Å². The number of nitrogens with one attached hydrogen (secondary N) is 1. The molecular formula is C25H28ClN5O. The Morgan fingerprint density at radius 2 is 1.88 bits per heavy atom. The molecule has 0 saturated carbocycles. The SMILES string of the molecule is Clc1cccc(COc2cncc(N3CCN(Cc4ccc5c(c4)CNCC5)CC3)n2)c1. The summed E-state index contributed by atoms with van der Waals surface area (Å²) in [5.74, 6) is 1.40. The highest BCUT2D eigenvalue weighted by atomic mass is 35.5. The highest BCUT2D eigenvalue weighted by molar-refractivity contribution is 6.30. The lowest BCUT2D eigenvalue weighted by Crippen LogP contribution is -2.46. The Labute approximate surface area is 194 Å². The van der Waals surface area contributed by atoms with Crippen LogP contribution in [0.4, 0.5) is 5.82 Å². The molecule has 166 valence electrons. The third-order valence-electron chi connectivity index (χ3n) is 6.14. The van der Waals surface area contributed by atoms with Crippen molar-refractivity contribution in [1.29, 1.82) is 0 Å². The summed E-state index contributed by atoms with van der Waals surface area (Å²) in [7, 11) is 0. The molecule has 1 aromatic heterocycles. The monoisotopic (exact) mass is 449 g/mol. The van der Waals surface area contributed by atoms with Gasteiger partial charge in [0.2, 0.25) is 5.88 Å². The van der Waals surface area contributed by atoms with Crippen LogP contribution in [0, 0.1) is 0 Å². The van der Waals surface area contributed by atoms with Crippen LogP contribution in [-0.4, -0.2) is 47.6 Å². The number of fused-ring (bicyclic) bond motifs is 1. The molecule has 6 nitrogen and oxygen atoms in total. The molecule has 2 aliphatic rings. The normalized spacial score (nSPS) is 16.6. The lowest BCUT2D eigenvalue weighted by Gasteiger charge is -2.35. The van der Waals surface area contributed by atoms with Gasteiger partial charge in [-0.05, 0) is 47.4 Å². The molecule has 1 saturated heterocycles. The lowest BCUT2D eigenvalue weighted by molar-refractivity contribution is 0.248. The van der Waals surface area contributed by atoms with Crippen LogP contribution in [0.1, 0.15) is 22.3 Å². The Morgan fingerprint density at radius 1 is 0.969 bits per heavy atom. The summed E-state index contributed by atoms with van der Waals surface area (Å²) in [5, 5.41) is 4.18. The summed E-state index contributed by atoms with van der Waals surface area (Å²) in [4.78, 5) is 13.8. The van der Waals surface area contributed by atoms with E-state index in [1.54, 1.807) is 6.20 Å². The van der Waals surface area contributed by atoms with E-state index in [1.807, 2.05) is 30.5 Å². The average Bonchev–Trinajstić information content (AvgIpc) is 2.83. The van der Waals surface area contributed by atoms with Gasteiger partial charge >= 0.3 is 0 Å². The van der Waals surface area contributed by atoms with Gasteiger partial charge in [0.25, 0.3) is 0 Å². The Hall–Kier alpha value is -2.67. The molecular weight excluding hydrogens is 422 g/mol. The fourth-order valence-electron chi connectivity index (χ4n) is 4.37. The van der Waals surface area contributed by atoms with E-state index in [4.69, 9.17) is 16.3 Å².